The minimum absolute atomic E-state index is 0.144. The van der Waals surface area contributed by atoms with Crippen LogP contribution in [0.3, 0.4) is 0 Å². The normalized spacial score (nSPS) is 12.3. The van der Waals surface area contributed by atoms with Crippen molar-refractivity contribution in [1.82, 2.24) is 10.3 Å². The smallest absolute Gasteiger partial charge is 0.136 e. The van der Waals surface area contributed by atoms with Crippen LogP contribution in [-0.2, 0) is 6.42 Å². The third-order valence-electron chi connectivity index (χ3n) is 3.14. The number of hydrogen-bond donors (Lipinski definition) is 1. The van der Waals surface area contributed by atoms with Gasteiger partial charge in [0.15, 0.2) is 0 Å². The first-order valence-electron chi connectivity index (χ1n) is 7.30. The van der Waals surface area contributed by atoms with Gasteiger partial charge in [0.1, 0.15) is 5.82 Å². The fourth-order valence-electron chi connectivity index (χ4n) is 2.06. The molecule has 0 aliphatic carbocycles. The molecule has 0 aliphatic heterocycles. The van der Waals surface area contributed by atoms with E-state index < -0.39 is 0 Å². The first-order chi connectivity index (χ1) is 10.3. The maximum absolute atomic E-state index is 13.7. The molecule has 1 heterocycles. The third-order valence-corrected chi connectivity index (χ3v) is 4.35. The van der Waals surface area contributed by atoms with E-state index in [-0.39, 0.29) is 5.82 Å². The molecule has 1 atom stereocenters. The fraction of sp³-hybridized carbons (Fsp3) is 0.353. The van der Waals surface area contributed by atoms with Crippen molar-refractivity contribution in [2.24, 2.45) is 0 Å². The molecule has 0 saturated carbocycles. The van der Waals surface area contributed by atoms with Gasteiger partial charge in [0.2, 0.25) is 0 Å². The van der Waals surface area contributed by atoms with Crippen LogP contribution in [0.5, 0.6) is 0 Å². The van der Waals surface area contributed by atoms with E-state index in [1.54, 1.807) is 17.8 Å². The van der Waals surface area contributed by atoms with Crippen molar-refractivity contribution in [3.05, 3.63) is 60.2 Å². The maximum Gasteiger partial charge on any atom is 0.136 e. The number of halogens is 1. The highest BCUT2D eigenvalue weighted by Crippen LogP contribution is 2.22. The second kappa shape index (κ2) is 8.80. The lowest BCUT2D eigenvalue weighted by Gasteiger charge is -2.18. The molecule has 4 heteroatoms. The van der Waals surface area contributed by atoms with E-state index >= 15 is 0 Å². The van der Waals surface area contributed by atoms with Gasteiger partial charge in [0.25, 0.3) is 0 Å². The molecule has 112 valence electrons. The summed E-state index contributed by atoms with van der Waals surface area (Å²) in [6.07, 6.45) is 3.77. The van der Waals surface area contributed by atoms with E-state index in [0.717, 1.165) is 30.8 Å². The average molecular weight is 304 g/mol. The zero-order valence-electron chi connectivity index (χ0n) is 12.3. The van der Waals surface area contributed by atoms with Crippen LogP contribution in [0, 0.1) is 5.82 Å². The molecule has 0 saturated heterocycles. The second-order valence-corrected chi connectivity index (χ2v) is 5.98. The van der Waals surface area contributed by atoms with Crippen molar-refractivity contribution >= 4 is 11.8 Å². The Morgan fingerprint density at radius 1 is 1.19 bits per heavy atom. The highest BCUT2D eigenvalue weighted by molar-refractivity contribution is 7.99. The zero-order chi connectivity index (χ0) is 14.9. The average Bonchev–Trinajstić information content (AvgIpc) is 2.52. The SMILES string of the molecule is CCCNC(CSc1ccccc1F)Cc1ccccn1. The minimum Gasteiger partial charge on any atom is -0.313 e. The molecule has 0 radical (unpaired) electrons. The molecule has 1 aromatic heterocycles. The number of benzene rings is 1. The Morgan fingerprint density at radius 2 is 2.00 bits per heavy atom. The van der Waals surface area contributed by atoms with Crippen molar-refractivity contribution in [1.29, 1.82) is 0 Å². The predicted molar refractivity (Wildman–Crippen MR) is 87.1 cm³/mol. The summed E-state index contributed by atoms with van der Waals surface area (Å²) in [6.45, 7) is 3.12. The van der Waals surface area contributed by atoms with Crippen molar-refractivity contribution in [2.75, 3.05) is 12.3 Å². The standard InChI is InChI=1S/C17H21FN2S/c1-2-10-19-15(12-14-7-5-6-11-20-14)13-21-17-9-4-3-8-16(17)18/h3-9,11,15,19H,2,10,12-13H2,1H3. The summed E-state index contributed by atoms with van der Waals surface area (Å²) in [5.74, 6) is 0.687. The van der Waals surface area contributed by atoms with Crippen LogP contribution in [0.15, 0.2) is 53.6 Å². The van der Waals surface area contributed by atoms with Gasteiger partial charge in [-0.15, -0.1) is 11.8 Å². The molecule has 21 heavy (non-hydrogen) atoms. The largest absolute Gasteiger partial charge is 0.313 e. The van der Waals surface area contributed by atoms with Gasteiger partial charge >= 0.3 is 0 Å². The van der Waals surface area contributed by atoms with Crippen molar-refractivity contribution in [3.63, 3.8) is 0 Å². The van der Waals surface area contributed by atoms with Crippen molar-refractivity contribution < 1.29 is 4.39 Å². The monoisotopic (exact) mass is 304 g/mol. The van der Waals surface area contributed by atoms with Gasteiger partial charge < -0.3 is 5.32 Å². The number of pyridine rings is 1. The van der Waals surface area contributed by atoms with E-state index in [1.807, 2.05) is 36.5 Å². The van der Waals surface area contributed by atoms with Crippen LogP contribution in [-0.4, -0.2) is 23.3 Å². The molecule has 1 unspecified atom stereocenters. The quantitative estimate of drug-likeness (QED) is 0.748. The van der Waals surface area contributed by atoms with Gasteiger partial charge in [0, 0.05) is 35.0 Å². The summed E-state index contributed by atoms with van der Waals surface area (Å²) >= 11 is 1.56. The van der Waals surface area contributed by atoms with E-state index in [4.69, 9.17) is 0 Å². The van der Waals surface area contributed by atoms with Gasteiger partial charge in [-0.05, 0) is 37.2 Å². The molecule has 0 amide bonds. The Labute approximate surface area is 130 Å². The molecule has 1 N–H and O–H groups in total. The molecule has 0 spiro atoms. The molecular formula is C17H21FN2S. The van der Waals surface area contributed by atoms with Crippen LogP contribution in [0.4, 0.5) is 4.39 Å². The predicted octanol–water partition coefficient (Wildman–Crippen LogP) is 3.92. The molecule has 2 aromatic rings. The van der Waals surface area contributed by atoms with Crippen LogP contribution in [0.25, 0.3) is 0 Å². The summed E-state index contributed by atoms with van der Waals surface area (Å²) in [5, 5.41) is 3.52. The van der Waals surface area contributed by atoms with Gasteiger partial charge in [-0.3, -0.25) is 4.98 Å². The Hall–Kier alpha value is -1.39. The summed E-state index contributed by atoms with van der Waals surface area (Å²) in [5.41, 5.74) is 1.07. The van der Waals surface area contributed by atoms with Crippen LogP contribution >= 0.6 is 11.8 Å². The van der Waals surface area contributed by atoms with E-state index in [2.05, 4.69) is 17.2 Å². The number of rotatable bonds is 8. The molecule has 0 bridgehead atoms. The lowest BCUT2D eigenvalue weighted by molar-refractivity contribution is 0.544. The van der Waals surface area contributed by atoms with Gasteiger partial charge in [-0.25, -0.2) is 4.39 Å². The number of nitrogens with one attached hydrogen (secondary N) is 1. The number of aromatic nitrogens is 1. The first kappa shape index (κ1) is 16.0. The van der Waals surface area contributed by atoms with E-state index in [0.29, 0.717) is 10.9 Å². The van der Waals surface area contributed by atoms with Crippen LogP contribution in [0.1, 0.15) is 19.0 Å². The minimum atomic E-state index is -0.144. The topological polar surface area (TPSA) is 24.9 Å². The molecule has 2 rings (SSSR count). The van der Waals surface area contributed by atoms with Crippen molar-refractivity contribution in [3.8, 4) is 0 Å². The Bertz CT molecular complexity index is 533. The van der Waals surface area contributed by atoms with Gasteiger partial charge in [0.05, 0.1) is 0 Å². The summed E-state index contributed by atoms with van der Waals surface area (Å²) in [6, 6.07) is 13.2. The highest BCUT2D eigenvalue weighted by Gasteiger charge is 2.11. The summed E-state index contributed by atoms with van der Waals surface area (Å²) in [7, 11) is 0. The second-order valence-electron chi connectivity index (χ2n) is 4.92. The zero-order valence-corrected chi connectivity index (χ0v) is 13.1. The number of nitrogens with zero attached hydrogens (tertiary/aromatic N) is 1. The third kappa shape index (κ3) is 5.48. The molecule has 0 aliphatic rings. The van der Waals surface area contributed by atoms with Crippen LogP contribution < -0.4 is 5.32 Å². The van der Waals surface area contributed by atoms with Gasteiger partial charge in [-0.1, -0.05) is 25.1 Å². The molecule has 2 nitrogen and oxygen atoms in total. The molecule has 0 fully saturated rings. The number of hydrogen-bond acceptors (Lipinski definition) is 3. The van der Waals surface area contributed by atoms with E-state index in [9.17, 15) is 4.39 Å². The highest BCUT2D eigenvalue weighted by atomic mass is 32.2. The Kier molecular flexibility index (Phi) is 6.70. The van der Waals surface area contributed by atoms with Crippen LogP contribution in [0.2, 0.25) is 0 Å². The van der Waals surface area contributed by atoms with Crippen molar-refractivity contribution in [2.45, 2.75) is 30.7 Å². The Balaban J connectivity index is 1.94. The summed E-state index contributed by atoms with van der Waals surface area (Å²) in [4.78, 5) is 5.09. The summed E-state index contributed by atoms with van der Waals surface area (Å²) < 4.78 is 13.7. The van der Waals surface area contributed by atoms with Gasteiger partial charge in [-0.2, -0.15) is 0 Å². The lowest BCUT2D eigenvalue weighted by atomic mass is 10.1. The maximum atomic E-state index is 13.7. The first-order valence-corrected chi connectivity index (χ1v) is 8.28. The van der Waals surface area contributed by atoms with E-state index in [1.165, 1.54) is 6.07 Å². The fourth-order valence-corrected chi connectivity index (χ4v) is 3.06. The molecular weight excluding hydrogens is 283 g/mol. The molecule has 1 aromatic carbocycles. The number of thioether (sulfide) groups is 1. The Morgan fingerprint density at radius 3 is 2.71 bits per heavy atom. The lowest BCUT2D eigenvalue weighted by Crippen LogP contribution is -2.34.